The summed E-state index contributed by atoms with van der Waals surface area (Å²) in [6.45, 7) is 0.961. The van der Waals surface area contributed by atoms with Gasteiger partial charge in [-0.1, -0.05) is 19.3 Å². The highest BCUT2D eigenvalue weighted by Crippen LogP contribution is 2.19. The van der Waals surface area contributed by atoms with Gasteiger partial charge in [-0.25, -0.2) is 0 Å². The van der Waals surface area contributed by atoms with Gasteiger partial charge in [0.15, 0.2) is 0 Å². The van der Waals surface area contributed by atoms with E-state index in [0.717, 1.165) is 11.3 Å². The average Bonchev–Trinajstić information content (AvgIpc) is 2.61. The van der Waals surface area contributed by atoms with Crippen LogP contribution in [0.4, 0.5) is 0 Å². The zero-order valence-electron chi connectivity index (χ0n) is 9.01. The third kappa shape index (κ3) is 2.31. The Kier molecular flexibility index (Phi) is 3.26. The Labute approximate surface area is 90.3 Å². The highest BCUT2D eigenvalue weighted by Gasteiger charge is 2.23. The van der Waals surface area contributed by atoms with Crippen molar-refractivity contribution in [3.05, 3.63) is 11.3 Å². The first-order valence-corrected chi connectivity index (χ1v) is 5.78. The Bertz CT molecular complexity index is 280. The SMILES string of the molecule is NCC1=C(NC2CCCCC2)CNC1=O. The van der Waals surface area contributed by atoms with E-state index >= 15 is 0 Å². The van der Waals surface area contributed by atoms with Crippen LogP contribution in [-0.2, 0) is 4.79 Å². The molecule has 2 aliphatic rings. The van der Waals surface area contributed by atoms with Gasteiger partial charge in [0.2, 0.25) is 0 Å². The molecule has 0 aromatic carbocycles. The van der Waals surface area contributed by atoms with Gasteiger partial charge in [-0.15, -0.1) is 0 Å². The maximum Gasteiger partial charge on any atom is 0.250 e. The smallest absolute Gasteiger partial charge is 0.250 e. The van der Waals surface area contributed by atoms with E-state index in [1.165, 1.54) is 32.1 Å². The van der Waals surface area contributed by atoms with Crippen LogP contribution in [-0.4, -0.2) is 25.0 Å². The molecule has 4 heteroatoms. The minimum atomic E-state index is -0.00388. The molecular formula is C11H19N3O. The lowest BCUT2D eigenvalue weighted by molar-refractivity contribution is -0.116. The molecule has 0 atom stereocenters. The fourth-order valence-electron chi connectivity index (χ4n) is 2.37. The predicted octanol–water partition coefficient (Wildman–Crippen LogP) is 0.251. The molecule has 0 aromatic heterocycles. The fourth-order valence-corrected chi connectivity index (χ4v) is 2.37. The van der Waals surface area contributed by atoms with Gasteiger partial charge in [-0.2, -0.15) is 0 Å². The molecule has 15 heavy (non-hydrogen) atoms. The molecule has 4 N–H and O–H groups in total. The summed E-state index contributed by atoms with van der Waals surface area (Å²) in [7, 11) is 0. The van der Waals surface area contributed by atoms with Crippen LogP contribution in [0.25, 0.3) is 0 Å². The molecule has 0 radical (unpaired) electrons. The van der Waals surface area contributed by atoms with Crippen molar-refractivity contribution in [1.29, 1.82) is 0 Å². The van der Waals surface area contributed by atoms with Gasteiger partial charge in [0, 0.05) is 18.3 Å². The van der Waals surface area contributed by atoms with Crippen molar-refractivity contribution >= 4 is 5.91 Å². The summed E-state index contributed by atoms with van der Waals surface area (Å²) in [4.78, 5) is 11.4. The molecule has 1 amide bonds. The topological polar surface area (TPSA) is 67.2 Å². The van der Waals surface area contributed by atoms with Crippen LogP contribution in [0.15, 0.2) is 11.3 Å². The van der Waals surface area contributed by atoms with Gasteiger partial charge < -0.3 is 16.4 Å². The van der Waals surface area contributed by atoms with Crippen LogP contribution < -0.4 is 16.4 Å². The minimum Gasteiger partial charge on any atom is -0.384 e. The zero-order chi connectivity index (χ0) is 10.7. The number of carbonyl (C=O) groups is 1. The number of nitrogens with two attached hydrogens (primary N) is 1. The summed E-state index contributed by atoms with van der Waals surface area (Å²) in [5.74, 6) is -0.00388. The Morgan fingerprint density at radius 1 is 1.33 bits per heavy atom. The van der Waals surface area contributed by atoms with Gasteiger partial charge in [-0.05, 0) is 12.8 Å². The number of hydrogen-bond acceptors (Lipinski definition) is 3. The second kappa shape index (κ2) is 4.66. The van der Waals surface area contributed by atoms with E-state index in [9.17, 15) is 4.79 Å². The maximum absolute atomic E-state index is 11.4. The van der Waals surface area contributed by atoms with Gasteiger partial charge >= 0.3 is 0 Å². The number of carbonyl (C=O) groups excluding carboxylic acids is 1. The zero-order valence-corrected chi connectivity index (χ0v) is 9.01. The van der Waals surface area contributed by atoms with Crippen molar-refractivity contribution in [2.75, 3.05) is 13.1 Å². The molecule has 1 aliphatic heterocycles. The third-order valence-electron chi connectivity index (χ3n) is 3.25. The molecule has 1 saturated carbocycles. The molecule has 0 unspecified atom stereocenters. The maximum atomic E-state index is 11.4. The van der Waals surface area contributed by atoms with Crippen LogP contribution in [0.3, 0.4) is 0 Å². The normalized spacial score (nSPS) is 23.1. The van der Waals surface area contributed by atoms with E-state index in [0.29, 0.717) is 19.1 Å². The Balaban J connectivity index is 1.97. The lowest BCUT2D eigenvalue weighted by atomic mass is 9.95. The molecule has 0 spiro atoms. The largest absolute Gasteiger partial charge is 0.384 e. The quantitative estimate of drug-likeness (QED) is 0.624. The van der Waals surface area contributed by atoms with E-state index in [1.54, 1.807) is 0 Å². The first-order chi connectivity index (χ1) is 7.31. The van der Waals surface area contributed by atoms with E-state index < -0.39 is 0 Å². The molecule has 2 rings (SSSR count). The fraction of sp³-hybridized carbons (Fsp3) is 0.727. The highest BCUT2D eigenvalue weighted by molar-refractivity contribution is 5.97. The van der Waals surface area contributed by atoms with Crippen LogP contribution in [0.1, 0.15) is 32.1 Å². The van der Waals surface area contributed by atoms with Gasteiger partial charge in [0.1, 0.15) is 0 Å². The second-order valence-corrected chi connectivity index (χ2v) is 4.32. The Morgan fingerprint density at radius 3 is 2.73 bits per heavy atom. The van der Waals surface area contributed by atoms with Crippen molar-refractivity contribution in [2.45, 2.75) is 38.1 Å². The van der Waals surface area contributed by atoms with Crippen molar-refractivity contribution in [2.24, 2.45) is 5.73 Å². The summed E-state index contributed by atoms with van der Waals surface area (Å²) >= 11 is 0. The summed E-state index contributed by atoms with van der Waals surface area (Å²) in [6.07, 6.45) is 6.37. The highest BCUT2D eigenvalue weighted by atomic mass is 16.2. The summed E-state index contributed by atoms with van der Waals surface area (Å²) in [5, 5.41) is 6.27. The van der Waals surface area contributed by atoms with Crippen LogP contribution in [0, 0.1) is 0 Å². The number of hydrogen-bond donors (Lipinski definition) is 3. The van der Waals surface area contributed by atoms with Gasteiger partial charge in [0.25, 0.3) is 5.91 Å². The molecule has 1 aliphatic carbocycles. The number of rotatable bonds is 3. The first kappa shape index (κ1) is 10.5. The molecular weight excluding hydrogens is 190 g/mol. The Morgan fingerprint density at radius 2 is 2.07 bits per heavy atom. The predicted molar refractivity (Wildman–Crippen MR) is 59.1 cm³/mol. The Hall–Kier alpha value is -1.03. The number of amides is 1. The first-order valence-electron chi connectivity index (χ1n) is 5.78. The lowest BCUT2D eigenvalue weighted by Gasteiger charge is -2.24. The van der Waals surface area contributed by atoms with Crippen LogP contribution >= 0.6 is 0 Å². The minimum absolute atomic E-state index is 0.00388. The molecule has 4 nitrogen and oxygen atoms in total. The monoisotopic (exact) mass is 209 g/mol. The van der Waals surface area contributed by atoms with Crippen molar-refractivity contribution in [3.8, 4) is 0 Å². The van der Waals surface area contributed by atoms with Crippen molar-refractivity contribution in [1.82, 2.24) is 10.6 Å². The molecule has 0 bridgehead atoms. The number of nitrogens with one attached hydrogen (secondary N) is 2. The molecule has 84 valence electrons. The van der Waals surface area contributed by atoms with E-state index in [1.807, 2.05) is 0 Å². The van der Waals surface area contributed by atoms with E-state index in [4.69, 9.17) is 5.73 Å². The van der Waals surface area contributed by atoms with Crippen LogP contribution in [0.2, 0.25) is 0 Å². The van der Waals surface area contributed by atoms with Crippen LogP contribution in [0.5, 0.6) is 0 Å². The van der Waals surface area contributed by atoms with Crippen molar-refractivity contribution in [3.63, 3.8) is 0 Å². The van der Waals surface area contributed by atoms with Gasteiger partial charge in [-0.3, -0.25) is 4.79 Å². The molecule has 1 heterocycles. The summed E-state index contributed by atoms with van der Waals surface area (Å²) in [6, 6.07) is 0.544. The second-order valence-electron chi connectivity index (χ2n) is 4.32. The van der Waals surface area contributed by atoms with Crippen molar-refractivity contribution < 1.29 is 4.79 Å². The molecule has 1 fully saturated rings. The lowest BCUT2D eigenvalue weighted by Crippen LogP contribution is -2.32. The summed E-state index contributed by atoms with van der Waals surface area (Å²) < 4.78 is 0. The van der Waals surface area contributed by atoms with E-state index in [2.05, 4.69) is 10.6 Å². The third-order valence-corrected chi connectivity index (χ3v) is 3.25. The average molecular weight is 209 g/mol. The standard InChI is InChI=1S/C11H19N3O/c12-6-9-10(7-13-11(9)15)14-8-4-2-1-3-5-8/h8,14H,1-7,12H2,(H,13,15). The molecule has 0 saturated heterocycles. The van der Waals surface area contributed by atoms with Gasteiger partial charge in [0.05, 0.1) is 12.1 Å². The van der Waals surface area contributed by atoms with E-state index in [-0.39, 0.29) is 5.91 Å². The summed E-state index contributed by atoms with van der Waals surface area (Å²) in [5.41, 5.74) is 7.32. The molecule has 0 aromatic rings.